The van der Waals surface area contributed by atoms with Crippen molar-refractivity contribution in [1.29, 1.82) is 0 Å². The molecular formula is C15H18IN7O4. The van der Waals surface area contributed by atoms with Gasteiger partial charge in [0.05, 0.1) is 18.5 Å². The highest BCUT2D eigenvalue weighted by Gasteiger charge is 2.51. The number of aliphatic hydroxyl groups excluding tert-OH is 3. The lowest BCUT2D eigenvalue weighted by atomic mass is 10.1. The molecule has 27 heavy (non-hydrogen) atoms. The predicted octanol–water partition coefficient (Wildman–Crippen LogP) is -1.54. The van der Waals surface area contributed by atoms with E-state index in [0.717, 1.165) is 0 Å². The van der Waals surface area contributed by atoms with Gasteiger partial charge >= 0.3 is 0 Å². The van der Waals surface area contributed by atoms with Gasteiger partial charge in [0.2, 0.25) is 5.79 Å². The lowest BCUT2D eigenvalue weighted by molar-refractivity contribution is -0.0688. The first-order valence-electron chi connectivity index (χ1n) is 8.18. The van der Waals surface area contributed by atoms with Crippen LogP contribution in [0.3, 0.4) is 0 Å². The summed E-state index contributed by atoms with van der Waals surface area (Å²) < 4.78 is 5.99. The number of pyridine rings is 1. The third-order valence-corrected chi connectivity index (χ3v) is 5.00. The molecule has 3 aliphatic heterocycles. The third-order valence-electron chi connectivity index (χ3n) is 4.51. The summed E-state index contributed by atoms with van der Waals surface area (Å²) in [7, 11) is 0. The first-order valence-corrected chi connectivity index (χ1v) is 9.26. The number of anilines is 1. The maximum absolute atomic E-state index is 10.3. The smallest absolute Gasteiger partial charge is 0.232 e. The summed E-state index contributed by atoms with van der Waals surface area (Å²) >= 11 is 1.95. The number of aromatic nitrogens is 1. The first-order chi connectivity index (χ1) is 12.9. The van der Waals surface area contributed by atoms with Crippen molar-refractivity contribution in [2.75, 3.05) is 18.6 Å². The van der Waals surface area contributed by atoms with Crippen LogP contribution < -0.4 is 11.1 Å². The summed E-state index contributed by atoms with van der Waals surface area (Å²) in [6.07, 6.45) is -0.983. The van der Waals surface area contributed by atoms with Gasteiger partial charge in [0.15, 0.2) is 15.9 Å². The molecule has 4 heterocycles. The van der Waals surface area contributed by atoms with E-state index in [1.807, 2.05) is 22.6 Å². The van der Waals surface area contributed by atoms with Gasteiger partial charge in [-0.3, -0.25) is 15.7 Å². The maximum Gasteiger partial charge on any atom is 0.232 e. The van der Waals surface area contributed by atoms with E-state index in [1.54, 1.807) is 29.4 Å². The second-order valence-corrected chi connectivity index (χ2v) is 7.26. The van der Waals surface area contributed by atoms with Gasteiger partial charge in [0, 0.05) is 28.8 Å². The third kappa shape index (κ3) is 3.21. The Morgan fingerprint density at radius 2 is 2.22 bits per heavy atom. The number of nitrogens with zero attached hydrogens (tertiary/aromatic N) is 5. The maximum atomic E-state index is 10.3. The summed E-state index contributed by atoms with van der Waals surface area (Å²) in [4.78, 5) is 18.9. The normalized spacial score (nSPS) is 35.4. The van der Waals surface area contributed by atoms with Crippen molar-refractivity contribution in [2.24, 2.45) is 20.7 Å². The summed E-state index contributed by atoms with van der Waals surface area (Å²) in [5.41, 5.74) is 7.52. The molecule has 6 N–H and O–H groups in total. The minimum absolute atomic E-state index is 0.119. The molecule has 5 atom stereocenters. The van der Waals surface area contributed by atoms with Crippen LogP contribution in [0.4, 0.5) is 5.69 Å². The molecule has 1 aromatic heterocycles. The number of amidine groups is 2. The van der Waals surface area contributed by atoms with Gasteiger partial charge in [-0.2, -0.15) is 0 Å². The molecule has 144 valence electrons. The zero-order chi connectivity index (χ0) is 19.2. The van der Waals surface area contributed by atoms with Crippen molar-refractivity contribution >= 4 is 43.7 Å². The molecule has 0 aromatic carbocycles. The molecule has 3 aliphatic rings. The van der Waals surface area contributed by atoms with Gasteiger partial charge in [-0.15, -0.1) is 0 Å². The second kappa shape index (κ2) is 7.03. The van der Waals surface area contributed by atoms with E-state index in [2.05, 4.69) is 25.3 Å². The van der Waals surface area contributed by atoms with Crippen LogP contribution in [0.25, 0.3) is 0 Å². The highest BCUT2D eigenvalue weighted by atomic mass is 127. The molecule has 0 saturated carbocycles. The van der Waals surface area contributed by atoms with E-state index in [4.69, 9.17) is 10.5 Å². The molecule has 4 rings (SSSR count). The molecule has 1 saturated heterocycles. The largest absolute Gasteiger partial charge is 0.394 e. The molecule has 1 unspecified atom stereocenters. The van der Waals surface area contributed by atoms with Crippen molar-refractivity contribution in [1.82, 2.24) is 9.88 Å². The minimum Gasteiger partial charge on any atom is -0.394 e. The van der Waals surface area contributed by atoms with Crippen LogP contribution in [-0.4, -0.2) is 84.2 Å². The zero-order valence-corrected chi connectivity index (χ0v) is 16.1. The summed E-state index contributed by atoms with van der Waals surface area (Å²) in [6.45, 7) is -0.293. The molecular weight excluding hydrogens is 469 g/mol. The Labute approximate surface area is 167 Å². The number of ether oxygens (including phenoxy) is 1. The van der Waals surface area contributed by atoms with Gasteiger partial charge < -0.3 is 30.3 Å². The Morgan fingerprint density at radius 1 is 1.41 bits per heavy atom. The highest BCUT2D eigenvalue weighted by molar-refractivity contribution is 14.1. The highest BCUT2D eigenvalue weighted by Crippen LogP contribution is 2.30. The number of hydrogen-bond acceptors (Lipinski definition) is 11. The van der Waals surface area contributed by atoms with E-state index < -0.39 is 36.9 Å². The molecule has 12 heteroatoms. The molecule has 1 fully saturated rings. The van der Waals surface area contributed by atoms with Gasteiger partial charge in [0.25, 0.3) is 0 Å². The lowest BCUT2D eigenvalue weighted by Crippen LogP contribution is -2.60. The number of aliphatic hydroxyl groups is 3. The molecule has 0 amide bonds. The Balaban J connectivity index is 1.62. The van der Waals surface area contributed by atoms with Gasteiger partial charge in [-0.25, -0.2) is 9.98 Å². The van der Waals surface area contributed by atoms with E-state index in [-0.39, 0.29) is 6.67 Å². The fraction of sp³-hybridized carbons (Fsp3) is 0.467. The number of hydrogen-bond donors (Lipinski definition) is 5. The predicted molar refractivity (Wildman–Crippen MR) is 106 cm³/mol. The van der Waals surface area contributed by atoms with Gasteiger partial charge in [0.1, 0.15) is 30.7 Å². The van der Waals surface area contributed by atoms with E-state index >= 15 is 0 Å². The summed E-state index contributed by atoms with van der Waals surface area (Å²) in [5.74, 6) is -0.979. The Bertz CT molecular complexity index is 820. The molecule has 0 aliphatic carbocycles. The van der Waals surface area contributed by atoms with Crippen molar-refractivity contribution in [3.05, 3.63) is 24.5 Å². The van der Waals surface area contributed by atoms with Crippen LogP contribution in [0.1, 0.15) is 0 Å². The van der Waals surface area contributed by atoms with Crippen molar-refractivity contribution in [3.63, 3.8) is 0 Å². The molecule has 11 nitrogen and oxygen atoms in total. The van der Waals surface area contributed by atoms with Crippen LogP contribution in [0.5, 0.6) is 0 Å². The molecule has 1 aromatic rings. The number of nitrogens with two attached hydrogens (primary N) is 1. The van der Waals surface area contributed by atoms with Gasteiger partial charge in [-0.1, -0.05) is 0 Å². The van der Waals surface area contributed by atoms with Crippen molar-refractivity contribution < 1.29 is 20.1 Å². The Morgan fingerprint density at radius 3 is 2.89 bits per heavy atom. The van der Waals surface area contributed by atoms with Crippen molar-refractivity contribution in [2.45, 2.75) is 30.3 Å². The second-order valence-electron chi connectivity index (χ2n) is 6.30. The van der Waals surface area contributed by atoms with Crippen LogP contribution in [-0.2, 0) is 4.74 Å². The molecule has 0 bridgehead atoms. The standard InChI is InChI=1S/C15H18IN7O4/c16-14-20-12-11(15(17,22-14)21-7-2-1-3-18-4-7)19-6-23(12)13-10(26)9(25)8(5-24)27-13/h1-4,8-10,13,21,24-26H,5-6,17H2/t8-,9-,10-,13-,15?/m1/s1. The zero-order valence-electron chi connectivity index (χ0n) is 14.0. The van der Waals surface area contributed by atoms with Crippen LogP contribution >= 0.6 is 22.6 Å². The fourth-order valence-corrected chi connectivity index (χ4v) is 3.83. The number of halogens is 1. The lowest BCUT2D eigenvalue weighted by Gasteiger charge is -2.33. The SMILES string of the molecule is NC1(Nc2cccnc2)N=C(I)N=C2C1=NCN2[C@@H]1O[C@H](CO)[C@@H](O)[C@H]1O. The van der Waals surface area contributed by atoms with Crippen LogP contribution in [0.15, 0.2) is 39.5 Å². The van der Waals surface area contributed by atoms with E-state index in [1.165, 1.54) is 0 Å². The van der Waals surface area contributed by atoms with Crippen molar-refractivity contribution in [3.8, 4) is 0 Å². The fourth-order valence-electron chi connectivity index (χ4n) is 3.22. The summed E-state index contributed by atoms with van der Waals surface area (Å²) in [5, 5.41) is 32.8. The Hall–Kier alpha value is -1.71. The number of rotatable bonds is 4. The average Bonchev–Trinajstić information content (AvgIpc) is 3.18. The van der Waals surface area contributed by atoms with E-state index in [0.29, 0.717) is 21.1 Å². The van der Waals surface area contributed by atoms with Crippen LogP contribution in [0.2, 0.25) is 0 Å². The first kappa shape index (κ1) is 18.6. The number of aliphatic imine (C=N–C) groups is 3. The van der Waals surface area contributed by atoms with E-state index in [9.17, 15) is 15.3 Å². The quantitative estimate of drug-likeness (QED) is 0.194. The minimum atomic E-state index is -1.37. The van der Waals surface area contributed by atoms with Gasteiger partial charge in [-0.05, 0) is 12.1 Å². The number of fused-ring (bicyclic) bond motifs is 1. The average molecular weight is 487 g/mol. The number of nitrogens with one attached hydrogen (secondary N) is 1. The molecule has 0 spiro atoms. The monoisotopic (exact) mass is 487 g/mol. The summed E-state index contributed by atoms with van der Waals surface area (Å²) in [6, 6.07) is 3.56. The molecule has 0 radical (unpaired) electrons. The van der Waals surface area contributed by atoms with Crippen LogP contribution in [0, 0.1) is 0 Å². The topological polar surface area (TPSA) is 161 Å². The Kier molecular flexibility index (Phi) is 4.85.